The van der Waals surface area contributed by atoms with Crippen molar-refractivity contribution in [1.29, 1.82) is 0 Å². The zero-order chi connectivity index (χ0) is 76.5. The van der Waals surface area contributed by atoms with Gasteiger partial charge in [-0.05, 0) is 109 Å². The average molecular weight is 1790 g/mol. The molecule has 7 aromatic carbocycles. The monoisotopic (exact) mass is 1790 g/mol. The Morgan fingerprint density at radius 1 is 0.409 bits per heavy atom. The molecule has 0 atom stereocenters. The van der Waals surface area contributed by atoms with Gasteiger partial charge in [0.25, 0.3) is 0 Å². The third-order valence-corrected chi connectivity index (χ3v) is 22.4. The molecule has 0 saturated heterocycles. The molecule has 7 aromatic rings. The molecule has 0 heterocycles. The summed E-state index contributed by atoms with van der Waals surface area (Å²) in [5, 5.41) is 96.4. The molecule has 0 saturated carbocycles. The van der Waals surface area contributed by atoms with E-state index in [0.29, 0.717) is 18.1 Å². The quantitative estimate of drug-likeness (QED) is 0.00319. The van der Waals surface area contributed by atoms with E-state index in [2.05, 4.69) is 82.6 Å². The summed E-state index contributed by atoms with van der Waals surface area (Å²) in [5.41, 5.74) is 15.8. The summed E-state index contributed by atoms with van der Waals surface area (Å²) in [6.07, 6.45) is 0. The van der Waals surface area contributed by atoms with Crippen molar-refractivity contribution < 1.29 is 327 Å². The van der Waals surface area contributed by atoms with E-state index in [1.54, 1.807) is 0 Å². The number of nitrogens with zero attached hydrogens (tertiary/aromatic N) is 8. The van der Waals surface area contributed by atoms with Crippen LogP contribution >= 0.6 is 49.0 Å². The minimum Gasteiger partial charge on any atom is -0.744 e. The van der Waals surface area contributed by atoms with E-state index in [-0.39, 0.29) is 316 Å². The van der Waals surface area contributed by atoms with Gasteiger partial charge in [-0.2, -0.15) is 14.6 Å². The number of fused-ring (bicyclic) bond motifs is 1. The smallest absolute Gasteiger partial charge is 0.744 e. The Bertz CT molecular complexity index is 5010. The molecular weight excluding hydrogens is 1740 g/mol. The first-order valence-corrected chi connectivity index (χ1v) is 39.2. The van der Waals surface area contributed by atoms with Crippen LogP contribution in [0.3, 0.4) is 0 Å². The number of anilines is 3. The molecule has 110 heavy (non-hydrogen) atoms. The molecule has 7 rings (SSSR count). The molecule has 0 aromatic heterocycles. The predicted molar refractivity (Wildman–Crippen MR) is 348 cm³/mol. The molecule has 44 nitrogen and oxygen atoms in total. The van der Waals surface area contributed by atoms with Crippen LogP contribution in [0.25, 0.3) is 10.8 Å². The van der Waals surface area contributed by atoms with E-state index in [1.807, 2.05) is 0 Å². The number of phenolic OH excluding ortho intramolecular Hbond substituents is 1. The Morgan fingerprint density at radius 3 is 1.20 bits per heavy atom. The number of methoxy groups -OCH3 is 2. The van der Waals surface area contributed by atoms with E-state index < -0.39 is 128 Å². The van der Waals surface area contributed by atoms with Gasteiger partial charge in [-0.3, -0.25) is 36.9 Å². The summed E-state index contributed by atoms with van der Waals surface area (Å²) in [6, 6.07) is 22.0. The number of rotatable bonds is 40. The molecule has 7 N–H and O–H groups in total. The third kappa shape index (κ3) is 33.6. The second-order valence-electron chi connectivity index (χ2n) is 19.0. The van der Waals surface area contributed by atoms with Crippen molar-refractivity contribution in [3.8, 4) is 17.2 Å². The maximum atomic E-state index is 12.9. The van der Waals surface area contributed by atoms with Gasteiger partial charge in [0.2, 0.25) is 10.4 Å². The van der Waals surface area contributed by atoms with Gasteiger partial charge < -0.3 is 61.9 Å². The first-order valence-electron chi connectivity index (χ1n) is 27.1. The fraction of sp³-hybridized carbons (Fsp3) is 0.200. The first kappa shape index (κ1) is 108. The van der Waals surface area contributed by atoms with Crippen molar-refractivity contribution in [1.82, 2.24) is 0 Å². The van der Waals surface area contributed by atoms with Crippen LogP contribution in [0.4, 0.5) is 62.6 Å². The van der Waals surface area contributed by atoms with E-state index in [4.69, 9.17) is 39.2 Å². The van der Waals surface area contributed by atoms with Gasteiger partial charge in [-0.15, -0.1) is 43.7 Å². The predicted octanol–water partition coefficient (Wildman–Crippen LogP) is -13.2. The Balaban J connectivity index is 0.00000205. The number of hydrogen-bond donors (Lipinski definition) is 4. The number of aromatic hydroxyl groups is 1. The van der Waals surface area contributed by atoms with Gasteiger partial charge in [-0.1, -0.05) is 0 Å². The Labute approximate surface area is 775 Å². The summed E-state index contributed by atoms with van der Waals surface area (Å²) in [5.74, 6) is -2.81. The molecule has 0 bridgehead atoms. The van der Waals surface area contributed by atoms with Crippen molar-refractivity contribution in [2.45, 2.75) is 29.4 Å². The van der Waals surface area contributed by atoms with Crippen molar-refractivity contribution in [2.24, 2.45) is 40.9 Å². The molecule has 0 spiro atoms. The van der Waals surface area contributed by atoms with Gasteiger partial charge in [0, 0.05) is 10.8 Å². The van der Waals surface area contributed by atoms with Crippen molar-refractivity contribution >= 4 is 182 Å². The van der Waals surface area contributed by atoms with Crippen LogP contribution in [0.2, 0.25) is 0 Å². The van der Waals surface area contributed by atoms with Crippen molar-refractivity contribution in [3.05, 3.63) is 109 Å². The van der Waals surface area contributed by atoms with Crippen LogP contribution in [0, 0.1) is 0 Å². The molecule has 0 radical (unpaired) electrons. The van der Waals surface area contributed by atoms with Gasteiger partial charge in [-0.25, -0.2) is 50.5 Å². The fourth-order valence-corrected chi connectivity index (χ4v) is 14.7. The summed E-state index contributed by atoms with van der Waals surface area (Å²) in [4.78, 5) is -1.87. The van der Waals surface area contributed by atoms with Crippen LogP contribution in [0.1, 0.15) is 0 Å². The van der Waals surface area contributed by atoms with E-state index >= 15 is 0 Å². The SMILES string of the molecule is COc1ccc(S(=O)(=O)CCOS(=O)(=O)[O-])cc1N=Nc1c(N)c(N=Nc2ccc(S(=O)(=O)CCOSOO[O-])cc2)cc(S(=O)(=O)[O-])c1N.COc1ccc(S(=O)(=O)CCOSOO[O-])cc1N=Nc1c(SOO[O-])cc2c(N=Nc3ccc(S(=O)(=O)CCOSOO[O-])cc3)c(N)ccc2c1O.[Na+].[Na+].[Na+].[Na+].[Na+].[Na+]. The molecule has 0 amide bonds. The standard InChI is InChI=1S/C27H27N5O17S5.C23H26N6O16S5.6Na/c1-41-23-9-6-18(54(39,40)13-11-43-52-49-46-36)14-22(23)30-32-26-24(50-47-44-34)15-20-19(27(26)33)7-8-21(28)25(20)31-29-16-2-4-17(5-3-16)53(37,38)12-10-42-51-48-45-35;1-41-19-7-6-16(48(33,34)11-9-43-50(38,39)40)12-17(19)27-29-23-21(24)18(13-20(22(23)25)49(35,36)37)28-26-14-2-4-15(5-3-14)47(31,32)10-8-42-46-45-44-30;;;;;;/h2-9,14-15,33-36H,10-13,28H2,1H3;2-7,12-13,30H,8-11,24-25H2,1H3,(H,35,36,37)(H,38,39,40);;;;;;/q;;6*+1/p-6. The Morgan fingerprint density at radius 2 is 0.791 bits per heavy atom. The number of hydrogen-bond acceptors (Lipinski definition) is 48. The fourth-order valence-electron chi connectivity index (χ4n) is 7.90. The molecule has 60 heteroatoms. The maximum Gasteiger partial charge on any atom is 1.00 e. The summed E-state index contributed by atoms with van der Waals surface area (Å²) in [6.45, 7) is -2.01. The second-order valence-corrected chi connectivity index (χ2v) is 32.1. The number of sulfone groups is 4. The van der Waals surface area contributed by atoms with Gasteiger partial charge in [0.15, 0.2) is 82.1 Å². The minimum atomic E-state index is -5.28. The Hall–Kier alpha value is -1.62. The average Bonchev–Trinajstić information content (AvgIpc) is 0.770. The van der Waals surface area contributed by atoms with E-state index in [1.165, 1.54) is 93.1 Å². The van der Waals surface area contributed by atoms with Crippen LogP contribution in [-0.4, -0.2) is 128 Å². The molecule has 0 aliphatic carbocycles. The minimum absolute atomic E-state index is 0. The topological polar surface area (TPSA) is 670 Å². The van der Waals surface area contributed by atoms with Gasteiger partial charge in [0.05, 0.1) is 134 Å². The van der Waals surface area contributed by atoms with Gasteiger partial charge >= 0.3 is 177 Å². The van der Waals surface area contributed by atoms with Gasteiger partial charge in [0.1, 0.15) is 55.7 Å². The van der Waals surface area contributed by atoms with Crippen LogP contribution in [0.5, 0.6) is 17.2 Å². The van der Waals surface area contributed by atoms with Crippen LogP contribution < -0.4 is 225 Å². The molecular formula is C50H47N11Na6O33S10. The molecule has 0 unspecified atom stereocenters. The Kier molecular flexibility index (Phi) is 51.6. The zero-order valence-corrected chi connectivity index (χ0v) is 78.1. The number of nitrogen functional groups attached to an aromatic ring is 3. The second kappa shape index (κ2) is 52.3. The molecule has 0 aliphatic heterocycles. The number of phenols is 1. The number of ether oxygens (including phenoxy) is 2. The molecule has 0 fully saturated rings. The van der Waals surface area contributed by atoms with E-state index in [0.717, 1.165) is 24.3 Å². The van der Waals surface area contributed by atoms with Crippen LogP contribution in [-0.2, 0) is 114 Å². The summed E-state index contributed by atoms with van der Waals surface area (Å²) in [7, 11) is -23.8. The normalized spacial score (nSPS) is 12.0. The number of benzene rings is 7. The summed E-state index contributed by atoms with van der Waals surface area (Å²) < 4.78 is 214. The molecule has 566 valence electrons. The zero-order valence-electron chi connectivity index (χ0n) is 58.0. The van der Waals surface area contributed by atoms with Crippen LogP contribution in [0.15, 0.2) is 179 Å². The maximum absolute atomic E-state index is 12.9. The van der Waals surface area contributed by atoms with Crippen molar-refractivity contribution in [2.75, 3.05) is 80.9 Å². The van der Waals surface area contributed by atoms with E-state index in [9.17, 15) is 85.7 Å². The summed E-state index contributed by atoms with van der Waals surface area (Å²) >= 11 is 0.822. The molecule has 0 aliphatic rings. The largest absolute Gasteiger partial charge is 1.00 e. The number of nitrogens with two attached hydrogens (primary N) is 3. The number of azo groups is 4. The first-order chi connectivity index (χ1) is 49.2. The third-order valence-electron chi connectivity index (χ3n) is 12.6. The van der Waals surface area contributed by atoms with Crippen molar-refractivity contribution in [3.63, 3.8) is 0 Å².